The molecule has 0 saturated carbocycles. The average Bonchev–Trinajstić information content (AvgIpc) is 2.34. The number of carbonyl (C=O) groups excluding carboxylic acids is 1. The van der Waals surface area contributed by atoms with Crippen molar-refractivity contribution in [2.75, 3.05) is 6.54 Å². The molecule has 18 heavy (non-hydrogen) atoms. The average molecular weight is 316 g/mol. The topological polar surface area (TPSA) is 20.3 Å². The maximum atomic E-state index is 13.1. The monoisotopic (exact) mass is 315 g/mol. The molecule has 1 aromatic rings. The van der Waals surface area contributed by atoms with Gasteiger partial charge in [-0.2, -0.15) is 0 Å². The highest BCUT2D eigenvalue weighted by atomic mass is 79.9. The fourth-order valence-electron chi connectivity index (χ4n) is 1.66. The van der Waals surface area contributed by atoms with Crippen molar-refractivity contribution in [3.8, 4) is 0 Å². The molecule has 1 atom stereocenters. The molecule has 0 saturated heterocycles. The molecule has 0 aliphatic carbocycles. The van der Waals surface area contributed by atoms with Gasteiger partial charge in [0, 0.05) is 13.1 Å². The van der Waals surface area contributed by atoms with Gasteiger partial charge in [-0.25, -0.2) is 4.39 Å². The second-order valence-corrected chi connectivity index (χ2v) is 5.61. The zero-order valence-corrected chi connectivity index (χ0v) is 12.6. The predicted octanol–water partition coefficient (Wildman–Crippen LogP) is 3.59. The molecule has 0 spiro atoms. The van der Waals surface area contributed by atoms with Crippen molar-refractivity contribution in [1.82, 2.24) is 4.90 Å². The second-order valence-electron chi connectivity index (χ2n) is 4.63. The molecule has 0 aromatic heterocycles. The summed E-state index contributed by atoms with van der Waals surface area (Å²) in [5.41, 5.74) is 0.814. The minimum absolute atomic E-state index is 0.0526. The molecule has 0 fully saturated rings. The number of amides is 1. The second kappa shape index (κ2) is 6.88. The Balaban J connectivity index is 2.76. The van der Waals surface area contributed by atoms with Crippen LogP contribution in [0, 0.1) is 11.7 Å². The van der Waals surface area contributed by atoms with Gasteiger partial charge < -0.3 is 4.90 Å². The van der Waals surface area contributed by atoms with Crippen molar-refractivity contribution in [2.24, 2.45) is 5.92 Å². The van der Waals surface area contributed by atoms with Crippen molar-refractivity contribution >= 4 is 21.8 Å². The van der Waals surface area contributed by atoms with Crippen LogP contribution in [0.3, 0.4) is 0 Å². The third-order valence-corrected chi connectivity index (χ3v) is 4.23. The summed E-state index contributed by atoms with van der Waals surface area (Å²) in [5, 5.41) is 0. The number of benzene rings is 1. The number of carbonyl (C=O) groups is 1. The van der Waals surface area contributed by atoms with Gasteiger partial charge in [-0.3, -0.25) is 4.79 Å². The largest absolute Gasteiger partial charge is 0.338 e. The zero-order chi connectivity index (χ0) is 13.7. The van der Waals surface area contributed by atoms with Crippen LogP contribution < -0.4 is 0 Å². The molecule has 1 amide bonds. The summed E-state index contributed by atoms with van der Waals surface area (Å²) >= 11 is 3.41. The Kier molecular flexibility index (Phi) is 5.79. The van der Waals surface area contributed by atoms with Crippen molar-refractivity contribution in [1.29, 1.82) is 0 Å². The van der Waals surface area contributed by atoms with E-state index < -0.39 is 0 Å². The van der Waals surface area contributed by atoms with Gasteiger partial charge >= 0.3 is 0 Å². The maximum Gasteiger partial charge on any atom is 0.236 e. The summed E-state index contributed by atoms with van der Waals surface area (Å²) in [5.74, 6) is 0.0195. The fourth-order valence-corrected chi connectivity index (χ4v) is 1.95. The Labute approximate surface area is 116 Å². The van der Waals surface area contributed by atoms with Crippen LogP contribution in [-0.4, -0.2) is 22.2 Å². The van der Waals surface area contributed by atoms with Gasteiger partial charge in [0.05, 0.1) is 4.83 Å². The lowest BCUT2D eigenvalue weighted by Crippen LogP contribution is -2.38. The van der Waals surface area contributed by atoms with Crippen LogP contribution in [0.4, 0.5) is 4.39 Å². The van der Waals surface area contributed by atoms with Gasteiger partial charge in [-0.05, 0) is 30.5 Å². The Morgan fingerprint density at radius 3 is 2.61 bits per heavy atom. The molecule has 2 nitrogen and oxygen atoms in total. The van der Waals surface area contributed by atoms with Crippen molar-refractivity contribution in [2.45, 2.75) is 32.1 Å². The first-order chi connectivity index (χ1) is 8.45. The smallest absolute Gasteiger partial charge is 0.236 e. The quantitative estimate of drug-likeness (QED) is 0.760. The maximum absolute atomic E-state index is 13.1. The number of rotatable bonds is 5. The van der Waals surface area contributed by atoms with Crippen LogP contribution in [-0.2, 0) is 11.3 Å². The van der Waals surface area contributed by atoms with E-state index in [0.29, 0.717) is 13.1 Å². The van der Waals surface area contributed by atoms with E-state index in [-0.39, 0.29) is 22.5 Å². The standard InChI is InChI=1S/C14H19BrFNO/c1-4-17(14(18)13(15)10(2)3)9-11-6-5-7-12(16)8-11/h5-8,10,13H,4,9H2,1-3H3. The molecule has 1 aromatic carbocycles. The van der Waals surface area contributed by atoms with E-state index >= 15 is 0 Å². The van der Waals surface area contributed by atoms with Crippen LogP contribution in [0.5, 0.6) is 0 Å². The molecule has 100 valence electrons. The zero-order valence-electron chi connectivity index (χ0n) is 11.0. The van der Waals surface area contributed by atoms with E-state index in [4.69, 9.17) is 0 Å². The number of hydrogen-bond acceptors (Lipinski definition) is 1. The van der Waals surface area contributed by atoms with Crippen LogP contribution in [0.15, 0.2) is 24.3 Å². The van der Waals surface area contributed by atoms with Crippen molar-refractivity contribution in [3.63, 3.8) is 0 Å². The highest BCUT2D eigenvalue weighted by Gasteiger charge is 2.23. The Bertz CT molecular complexity index is 409. The van der Waals surface area contributed by atoms with E-state index in [1.54, 1.807) is 11.0 Å². The van der Waals surface area contributed by atoms with Crippen molar-refractivity contribution < 1.29 is 9.18 Å². The third-order valence-electron chi connectivity index (χ3n) is 2.78. The molecule has 0 radical (unpaired) electrons. The Hall–Kier alpha value is -0.900. The van der Waals surface area contributed by atoms with Crippen LogP contribution in [0.25, 0.3) is 0 Å². The SMILES string of the molecule is CCN(Cc1cccc(F)c1)C(=O)C(Br)C(C)C. The molecule has 0 heterocycles. The van der Waals surface area contributed by atoms with E-state index in [1.165, 1.54) is 12.1 Å². The Morgan fingerprint density at radius 1 is 1.44 bits per heavy atom. The highest BCUT2D eigenvalue weighted by Crippen LogP contribution is 2.17. The number of halogens is 2. The summed E-state index contributed by atoms with van der Waals surface area (Å²) in [6.07, 6.45) is 0. The first-order valence-corrected chi connectivity index (χ1v) is 7.04. The molecule has 0 N–H and O–H groups in total. The molecule has 4 heteroatoms. The van der Waals surface area contributed by atoms with Gasteiger partial charge in [-0.1, -0.05) is 41.9 Å². The summed E-state index contributed by atoms with van der Waals surface area (Å²) < 4.78 is 13.1. The molecule has 0 bridgehead atoms. The normalized spacial score (nSPS) is 12.6. The van der Waals surface area contributed by atoms with E-state index in [1.807, 2.05) is 26.8 Å². The van der Waals surface area contributed by atoms with E-state index in [2.05, 4.69) is 15.9 Å². The first kappa shape index (κ1) is 15.2. The molecule has 0 aliphatic heterocycles. The number of hydrogen-bond donors (Lipinski definition) is 0. The summed E-state index contributed by atoms with van der Waals surface area (Å²) in [7, 11) is 0. The van der Waals surface area contributed by atoms with Gasteiger partial charge in [0.1, 0.15) is 5.82 Å². The van der Waals surface area contributed by atoms with Crippen molar-refractivity contribution in [3.05, 3.63) is 35.6 Å². The lowest BCUT2D eigenvalue weighted by Gasteiger charge is -2.25. The highest BCUT2D eigenvalue weighted by molar-refractivity contribution is 9.10. The van der Waals surface area contributed by atoms with Gasteiger partial charge in [0.25, 0.3) is 0 Å². The Morgan fingerprint density at radius 2 is 2.11 bits per heavy atom. The lowest BCUT2D eigenvalue weighted by atomic mass is 10.1. The third kappa shape index (κ3) is 4.09. The first-order valence-electron chi connectivity index (χ1n) is 6.13. The molecular weight excluding hydrogens is 297 g/mol. The summed E-state index contributed by atoms with van der Waals surface area (Å²) in [6.45, 7) is 6.98. The fraction of sp³-hybridized carbons (Fsp3) is 0.500. The molecule has 1 rings (SSSR count). The lowest BCUT2D eigenvalue weighted by molar-refractivity contribution is -0.131. The summed E-state index contributed by atoms with van der Waals surface area (Å²) in [6, 6.07) is 6.37. The minimum Gasteiger partial charge on any atom is -0.338 e. The predicted molar refractivity (Wildman–Crippen MR) is 75.0 cm³/mol. The minimum atomic E-state index is -0.268. The summed E-state index contributed by atoms with van der Waals surface area (Å²) in [4.78, 5) is 13.7. The number of nitrogens with zero attached hydrogens (tertiary/aromatic N) is 1. The molecule has 1 unspecified atom stereocenters. The van der Waals surface area contributed by atoms with E-state index in [9.17, 15) is 9.18 Å². The van der Waals surface area contributed by atoms with Gasteiger partial charge in [0.2, 0.25) is 5.91 Å². The van der Waals surface area contributed by atoms with Crippen LogP contribution >= 0.6 is 15.9 Å². The molecular formula is C14H19BrFNO. The van der Waals surface area contributed by atoms with Gasteiger partial charge in [0.15, 0.2) is 0 Å². The molecule has 0 aliphatic rings. The van der Waals surface area contributed by atoms with E-state index in [0.717, 1.165) is 5.56 Å². The number of alkyl halides is 1. The van der Waals surface area contributed by atoms with Gasteiger partial charge in [-0.15, -0.1) is 0 Å². The van der Waals surface area contributed by atoms with Crippen LogP contribution in [0.2, 0.25) is 0 Å². The van der Waals surface area contributed by atoms with Crippen LogP contribution in [0.1, 0.15) is 26.3 Å².